The van der Waals surface area contributed by atoms with Crippen LogP contribution in [0.2, 0.25) is 0 Å². The van der Waals surface area contributed by atoms with E-state index in [0.29, 0.717) is 30.0 Å². The first-order valence-electron chi connectivity index (χ1n) is 9.10. The number of primary amides is 1. The van der Waals surface area contributed by atoms with Crippen LogP contribution in [0.25, 0.3) is 0 Å². The first kappa shape index (κ1) is 20.3. The number of benzene rings is 1. The highest BCUT2D eigenvalue weighted by Gasteiger charge is 2.41. The molecule has 9 nitrogen and oxygen atoms in total. The average molecular weight is 398 g/mol. The van der Waals surface area contributed by atoms with Gasteiger partial charge in [-0.1, -0.05) is 6.07 Å². The molecule has 2 aromatic rings. The van der Waals surface area contributed by atoms with Crippen LogP contribution in [0.1, 0.15) is 30.1 Å². The minimum absolute atomic E-state index is 0.0427. The highest BCUT2D eigenvalue weighted by molar-refractivity contribution is 5.97. The molecule has 4 N–H and O–H groups in total. The molecule has 152 valence electrons. The van der Waals surface area contributed by atoms with Gasteiger partial charge in [-0.05, 0) is 37.1 Å². The number of amides is 3. The summed E-state index contributed by atoms with van der Waals surface area (Å²) in [6.07, 6.45) is 2.20. The number of aliphatic hydroxyl groups is 1. The summed E-state index contributed by atoms with van der Waals surface area (Å²) in [5.41, 5.74) is 4.29. The van der Waals surface area contributed by atoms with Gasteiger partial charge in [0.15, 0.2) is 5.60 Å². The van der Waals surface area contributed by atoms with Gasteiger partial charge in [-0.3, -0.25) is 14.4 Å². The first-order valence-corrected chi connectivity index (χ1v) is 9.10. The molecule has 1 fully saturated rings. The van der Waals surface area contributed by atoms with Crippen LogP contribution in [0.3, 0.4) is 0 Å². The van der Waals surface area contributed by atoms with E-state index < -0.39 is 17.4 Å². The second-order valence-electron chi connectivity index (χ2n) is 6.91. The topological polar surface area (TPSA) is 135 Å². The van der Waals surface area contributed by atoms with E-state index in [0.717, 1.165) is 0 Å². The van der Waals surface area contributed by atoms with Crippen molar-refractivity contribution in [2.45, 2.75) is 25.4 Å². The van der Waals surface area contributed by atoms with Gasteiger partial charge in [0.1, 0.15) is 5.75 Å². The number of carbonyl (C=O) groups excluding carboxylic acids is 3. The van der Waals surface area contributed by atoms with Crippen LogP contribution in [0.5, 0.6) is 11.6 Å². The van der Waals surface area contributed by atoms with Gasteiger partial charge in [-0.15, -0.1) is 0 Å². The number of carbonyl (C=O) groups is 3. The molecule has 1 aliphatic rings. The number of nitrogens with two attached hydrogens (primary N) is 1. The van der Waals surface area contributed by atoms with Crippen molar-refractivity contribution in [3.63, 3.8) is 0 Å². The second kappa shape index (κ2) is 8.27. The molecule has 0 bridgehead atoms. The Hall–Kier alpha value is -3.46. The van der Waals surface area contributed by atoms with E-state index in [1.165, 1.54) is 24.1 Å². The smallest absolute Gasteiger partial charge is 0.258 e. The largest absolute Gasteiger partial charge is 0.439 e. The fourth-order valence-corrected chi connectivity index (χ4v) is 3.09. The van der Waals surface area contributed by atoms with Crippen molar-refractivity contribution >= 4 is 23.4 Å². The maximum atomic E-state index is 12.5. The summed E-state index contributed by atoms with van der Waals surface area (Å²) >= 11 is 0. The third kappa shape index (κ3) is 4.88. The lowest BCUT2D eigenvalue weighted by atomic mass is 9.91. The van der Waals surface area contributed by atoms with Crippen LogP contribution in [-0.4, -0.2) is 51.4 Å². The molecule has 1 aromatic carbocycles. The Balaban J connectivity index is 1.64. The van der Waals surface area contributed by atoms with Crippen molar-refractivity contribution in [2.24, 2.45) is 5.73 Å². The van der Waals surface area contributed by atoms with Gasteiger partial charge in [-0.2, -0.15) is 0 Å². The molecule has 29 heavy (non-hydrogen) atoms. The van der Waals surface area contributed by atoms with Crippen LogP contribution in [0, 0.1) is 0 Å². The molecular formula is C20H22N4O5. The fourth-order valence-electron chi connectivity index (χ4n) is 3.09. The summed E-state index contributed by atoms with van der Waals surface area (Å²) in [7, 11) is 0. The number of ether oxygens (including phenoxy) is 1. The molecule has 1 unspecified atom stereocenters. The van der Waals surface area contributed by atoms with Crippen LogP contribution < -0.4 is 15.8 Å². The fraction of sp³-hybridized carbons (Fsp3) is 0.300. The summed E-state index contributed by atoms with van der Waals surface area (Å²) in [6.45, 7) is 1.89. The van der Waals surface area contributed by atoms with E-state index in [1.54, 1.807) is 30.3 Å². The molecule has 3 rings (SSSR count). The second-order valence-corrected chi connectivity index (χ2v) is 6.91. The van der Waals surface area contributed by atoms with Gasteiger partial charge >= 0.3 is 0 Å². The van der Waals surface area contributed by atoms with Crippen LogP contribution in [0.15, 0.2) is 42.6 Å². The first-order chi connectivity index (χ1) is 13.8. The number of likely N-dealkylation sites (tertiary alicyclic amines) is 1. The number of piperidine rings is 1. The van der Waals surface area contributed by atoms with Crippen LogP contribution in [-0.2, 0) is 9.59 Å². The standard InChI is InChI=1S/C20H22N4O5/c1-13(25)24-9-3-8-20(28,12-24)19(27)23-15-6-7-17(22-11-15)29-16-5-2-4-14(10-16)18(21)26/h2,4-7,10-11,28H,3,8-9,12H2,1H3,(H2,21,26)(H,23,27). The average Bonchev–Trinajstić information content (AvgIpc) is 2.69. The zero-order valence-electron chi connectivity index (χ0n) is 15.9. The van der Waals surface area contributed by atoms with Crippen LogP contribution >= 0.6 is 0 Å². The van der Waals surface area contributed by atoms with Gasteiger partial charge < -0.3 is 25.8 Å². The molecule has 0 aliphatic carbocycles. The van der Waals surface area contributed by atoms with Crippen molar-refractivity contribution < 1.29 is 24.2 Å². The lowest BCUT2D eigenvalue weighted by Gasteiger charge is -2.37. The molecule has 1 aliphatic heterocycles. The van der Waals surface area contributed by atoms with Gasteiger partial charge in [0.25, 0.3) is 5.91 Å². The molecule has 1 saturated heterocycles. The van der Waals surface area contributed by atoms with E-state index >= 15 is 0 Å². The van der Waals surface area contributed by atoms with Gasteiger partial charge in [0, 0.05) is 25.1 Å². The van der Waals surface area contributed by atoms with Crippen molar-refractivity contribution in [1.29, 1.82) is 0 Å². The molecular weight excluding hydrogens is 376 g/mol. The number of nitrogens with zero attached hydrogens (tertiary/aromatic N) is 2. The number of hydrogen-bond acceptors (Lipinski definition) is 6. The van der Waals surface area contributed by atoms with Gasteiger partial charge in [-0.25, -0.2) is 4.98 Å². The van der Waals surface area contributed by atoms with Gasteiger partial charge in [0.05, 0.1) is 18.4 Å². The maximum absolute atomic E-state index is 12.5. The minimum atomic E-state index is -1.64. The Labute approximate surface area is 167 Å². The number of anilines is 1. The zero-order valence-corrected chi connectivity index (χ0v) is 15.9. The predicted molar refractivity (Wildman–Crippen MR) is 104 cm³/mol. The van der Waals surface area contributed by atoms with Crippen LogP contribution in [0.4, 0.5) is 5.69 Å². The monoisotopic (exact) mass is 398 g/mol. The Morgan fingerprint density at radius 3 is 2.72 bits per heavy atom. The lowest BCUT2D eigenvalue weighted by molar-refractivity contribution is -0.146. The maximum Gasteiger partial charge on any atom is 0.258 e. The number of rotatable bonds is 5. The molecule has 1 atom stereocenters. The molecule has 2 heterocycles. The van der Waals surface area contributed by atoms with E-state index in [-0.39, 0.29) is 24.8 Å². The number of hydrogen-bond donors (Lipinski definition) is 3. The Morgan fingerprint density at radius 1 is 1.28 bits per heavy atom. The summed E-state index contributed by atoms with van der Waals surface area (Å²) < 4.78 is 5.58. The zero-order chi connectivity index (χ0) is 21.0. The van der Waals surface area contributed by atoms with E-state index in [4.69, 9.17) is 10.5 Å². The van der Waals surface area contributed by atoms with Crippen molar-refractivity contribution in [3.05, 3.63) is 48.2 Å². The Kier molecular flexibility index (Phi) is 5.79. The highest BCUT2D eigenvalue weighted by Crippen LogP contribution is 2.25. The normalized spacial score (nSPS) is 18.8. The molecule has 3 amide bonds. The number of β-amino-alcohol motifs (C(OH)–C–C–N with tert-alkyl or cyclic N) is 1. The molecule has 0 radical (unpaired) electrons. The summed E-state index contributed by atoms with van der Waals surface area (Å²) in [4.78, 5) is 40.9. The summed E-state index contributed by atoms with van der Waals surface area (Å²) in [5, 5.41) is 13.3. The SMILES string of the molecule is CC(=O)N1CCCC(O)(C(=O)Nc2ccc(Oc3cccc(C(N)=O)c3)nc2)C1. The lowest BCUT2D eigenvalue weighted by Crippen LogP contribution is -2.56. The Bertz CT molecular complexity index is 931. The van der Waals surface area contributed by atoms with Crippen molar-refractivity contribution in [1.82, 2.24) is 9.88 Å². The van der Waals surface area contributed by atoms with Gasteiger partial charge in [0.2, 0.25) is 17.7 Å². The van der Waals surface area contributed by atoms with E-state index in [1.807, 2.05) is 0 Å². The Morgan fingerprint density at radius 2 is 2.07 bits per heavy atom. The highest BCUT2D eigenvalue weighted by atomic mass is 16.5. The van der Waals surface area contributed by atoms with E-state index in [2.05, 4.69) is 10.3 Å². The third-order valence-corrected chi connectivity index (χ3v) is 4.67. The summed E-state index contributed by atoms with van der Waals surface area (Å²) in [5.74, 6) is -0.687. The molecule has 0 spiro atoms. The number of pyridine rings is 1. The summed E-state index contributed by atoms with van der Waals surface area (Å²) in [6, 6.07) is 9.48. The van der Waals surface area contributed by atoms with Crippen molar-refractivity contribution in [3.8, 4) is 11.6 Å². The van der Waals surface area contributed by atoms with E-state index in [9.17, 15) is 19.5 Å². The van der Waals surface area contributed by atoms with Crippen molar-refractivity contribution in [2.75, 3.05) is 18.4 Å². The quantitative estimate of drug-likeness (QED) is 0.694. The predicted octanol–water partition coefficient (Wildman–Crippen LogP) is 1.28. The molecule has 1 aromatic heterocycles. The molecule has 9 heteroatoms. The number of nitrogens with one attached hydrogen (secondary N) is 1. The molecule has 0 saturated carbocycles. The third-order valence-electron chi connectivity index (χ3n) is 4.67. The minimum Gasteiger partial charge on any atom is -0.439 e. The number of aromatic nitrogens is 1.